The number of benzene rings is 4. The molecule has 11 amide bonds. The number of amides is 11. The largest absolute Gasteiger partial charge is 0.504 e. The van der Waals surface area contributed by atoms with Gasteiger partial charge in [0.25, 0.3) is 5.91 Å². The van der Waals surface area contributed by atoms with Crippen LogP contribution in [-0.2, 0) is 67.0 Å². The molecule has 0 unspecified atom stereocenters. The van der Waals surface area contributed by atoms with Crippen molar-refractivity contribution >= 4 is 70.9 Å². The maximum Gasteiger partial charge on any atom is 0.329 e. The monoisotopic (exact) mass is 1350 g/mol. The van der Waals surface area contributed by atoms with E-state index in [1.54, 1.807) is 63.2 Å². The molecule has 2 fully saturated rings. The van der Waals surface area contributed by atoms with Crippen molar-refractivity contribution in [2.45, 2.75) is 165 Å². The number of esters is 1. The summed E-state index contributed by atoms with van der Waals surface area (Å²) in [6.07, 6.45) is -12.9. The van der Waals surface area contributed by atoms with Crippen molar-refractivity contribution in [3.8, 4) is 17.2 Å². The average Bonchev–Trinajstić information content (AvgIpc) is 1.78. The minimum atomic E-state index is -2.61. The fraction of sp³-hybridized carbons (Fsp3) is 0.455. The van der Waals surface area contributed by atoms with Gasteiger partial charge in [-0.1, -0.05) is 100 Å². The van der Waals surface area contributed by atoms with Gasteiger partial charge in [0.05, 0.1) is 31.6 Å². The number of aromatic hydroxyl groups is 1. The van der Waals surface area contributed by atoms with Crippen molar-refractivity contribution in [3.05, 3.63) is 125 Å². The number of nitrogens with zero attached hydrogens (tertiary/aromatic N) is 1. The SMILES string of the molecule is CC(C)C[C@H]1NC(=O)[C@@H]2CCCN2C(=O)[C@H]([C@@H](O)c2ccccc2)NC(=O)CNC(=O)[C@H](C(C)C)NC(=O)[C@H]2NC(=O)[C@@H](NC(=O)C[C@@H]3O[C@@H](C)[C@H](O)c4ccccc43)[C@H](C)OC(=O)[C@H](CC(N)=O)NC(=O)[C@H](NC(=O)[C@H](O)NC1=O)[C@H](O)c1ccc(O)c(c1)Oc1ccc2cc1. The van der Waals surface area contributed by atoms with Gasteiger partial charge < -0.3 is 98.2 Å². The molecule has 4 aromatic carbocycles. The van der Waals surface area contributed by atoms with E-state index in [0.29, 0.717) is 11.1 Å². The molecule has 0 aromatic heterocycles. The normalized spacial score (nSPS) is 27.9. The van der Waals surface area contributed by atoms with Crippen LogP contribution < -0.4 is 58.3 Å². The summed E-state index contributed by atoms with van der Waals surface area (Å²) in [4.78, 5) is 174. The van der Waals surface area contributed by atoms with Crippen LogP contribution in [0.3, 0.4) is 0 Å². The number of ether oxygens (including phenoxy) is 3. The molecule has 31 nitrogen and oxygen atoms in total. The zero-order valence-electron chi connectivity index (χ0n) is 53.9. The Hall–Kier alpha value is -10.1. The Morgan fingerprint density at radius 1 is 0.660 bits per heavy atom. The Kier molecular flexibility index (Phi) is 24.1. The third-order valence-corrected chi connectivity index (χ3v) is 16.9. The number of fused-ring (bicyclic) bond motifs is 18. The summed E-state index contributed by atoms with van der Waals surface area (Å²) in [6.45, 7) is 8.17. The molecule has 31 heteroatoms. The number of hydrogen-bond donors (Lipinski definition) is 15. The van der Waals surface area contributed by atoms with E-state index < -0.39 is 199 Å². The summed E-state index contributed by atoms with van der Waals surface area (Å²) in [7, 11) is 0. The first kappa shape index (κ1) is 72.7. The highest BCUT2D eigenvalue weighted by Gasteiger charge is 2.44. The quantitative estimate of drug-likeness (QED) is 0.0647. The zero-order valence-corrected chi connectivity index (χ0v) is 53.9. The minimum Gasteiger partial charge on any atom is -0.504 e. The number of nitrogens with two attached hydrogens (primary N) is 1. The Bertz CT molecular complexity index is 3610. The van der Waals surface area contributed by atoms with E-state index in [-0.39, 0.29) is 54.2 Å². The van der Waals surface area contributed by atoms with Gasteiger partial charge in [-0.05, 0) is 97.0 Å². The standard InChI is InChI=1S/C66H81N11O20/c1-30(2)25-40-57(85)76-64(92)63(91)75-52-56(84)36-20-23-43(78)45(26-36)97-37-21-18-34(19-22-37)51(61(89)73-49(31(3)4)59(87)68-29-48(81)72-53(55(83)35-13-8-7-9-14-35)65(93)77-24-12-17-42(77)58(86)69-40)74-60(88)50(32(5)96-66(94)41(27-46(67)79)70-62(52)90)71-47(80)28-44-38-15-10-11-16-39(38)54(82)33(6)95-44/h7-11,13-16,18-23,26,30-33,40-42,44,49-56,64,78,82-84,92H,12,17,24-25,27-29H2,1-6H3,(H2,67,79)(H,68,87)(H,69,86)(H,70,90)(H,71,80)(H,72,81)(H,73,89)(H,74,88)(H,75,91)(H,76,85)/t32-,33-,40+,41-,42-,44-,49-,50-,51-,52+,53-,54-,55-,56+,64-/m0/s1. The second-order valence-electron chi connectivity index (χ2n) is 24.9. The van der Waals surface area contributed by atoms with E-state index in [2.05, 4.69) is 47.9 Å². The van der Waals surface area contributed by atoms with Gasteiger partial charge in [0.2, 0.25) is 65.3 Å². The van der Waals surface area contributed by atoms with Gasteiger partial charge in [-0.15, -0.1) is 0 Å². The van der Waals surface area contributed by atoms with Gasteiger partial charge in [-0.3, -0.25) is 52.7 Å². The molecule has 15 atom stereocenters. The van der Waals surface area contributed by atoms with E-state index in [1.165, 1.54) is 50.2 Å². The second kappa shape index (κ2) is 32.1. The topological polar surface area (TPSA) is 471 Å². The molecule has 97 heavy (non-hydrogen) atoms. The molecule has 520 valence electrons. The van der Waals surface area contributed by atoms with Crippen molar-refractivity contribution in [1.82, 2.24) is 52.8 Å². The third kappa shape index (κ3) is 18.1. The van der Waals surface area contributed by atoms with Crippen LogP contribution in [-0.4, -0.2) is 175 Å². The molecule has 0 saturated carbocycles. The molecule has 2 saturated heterocycles. The van der Waals surface area contributed by atoms with Crippen LogP contribution in [0.1, 0.15) is 132 Å². The molecule has 6 heterocycles. The number of aliphatic hydroxyl groups is 4. The Morgan fingerprint density at radius 3 is 1.99 bits per heavy atom. The second-order valence-corrected chi connectivity index (χ2v) is 24.9. The fourth-order valence-corrected chi connectivity index (χ4v) is 11.7. The molecule has 16 N–H and O–H groups in total. The summed E-state index contributed by atoms with van der Waals surface area (Å²) in [5.41, 5.74) is 6.28. The summed E-state index contributed by atoms with van der Waals surface area (Å²) < 4.78 is 17.8. The predicted octanol–water partition coefficient (Wildman–Crippen LogP) is -1.32. The Morgan fingerprint density at radius 2 is 1.32 bits per heavy atom. The van der Waals surface area contributed by atoms with Gasteiger partial charge in [0, 0.05) is 6.54 Å². The third-order valence-electron chi connectivity index (χ3n) is 16.9. The van der Waals surface area contributed by atoms with Crippen molar-refractivity contribution in [3.63, 3.8) is 0 Å². The van der Waals surface area contributed by atoms with Crippen molar-refractivity contribution in [2.75, 3.05) is 13.1 Å². The molecule has 0 aliphatic carbocycles. The first-order valence-electron chi connectivity index (χ1n) is 31.6. The summed E-state index contributed by atoms with van der Waals surface area (Å²) >= 11 is 0. The van der Waals surface area contributed by atoms with Crippen molar-refractivity contribution < 1.29 is 97.3 Å². The zero-order chi connectivity index (χ0) is 70.7. The van der Waals surface area contributed by atoms with Crippen LogP contribution in [0.4, 0.5) is 0 Å². The lowest BCUT2D eigenvalue weighted by Crippen LogP contribution is -2.60. The predicted molar refractivity (Wildman–Crippen MR) is 338 cm³/mol. The van der Waals surface area contributed by atoms with Crippen LogP contribution in [0.25, 0.3) is 0 Å². The van der Waals surface area contributed by atoms with Crippen LogP contribution in [0.5, 0.6) is 17.2 Å². The van der Waals surface area contributed by atoms with Crippen LogP contribution in [0.15, 0.2) is 97.1 Å². The van der Waals surface area contributed by atoms with Crippen LogP contribution >= 0.6 is 0 Å². The lowest BCUT2D eigenvalue weighted by molar-refractivity contribution is -0.157. The Labute approximate surface area is 556 Å². The highest BCUT2D eigenvalue weighted by Crippen LogP contribution is 2.39. The van der Waals surface area contributed by atoms with Crippen molar-refractivity contribution in [2.24, 2.45) is 17.6 Å². The minimum absolute atomic E-state index is 0.0159. The van der Waals surface area contributed by atoms with E-state index in [1.807, 2.05) is 0 Å². The number of carbonyl (C=O) groups is 12. The molecule has 6 aliphatic heterocycles. The summed E-state index contributed by atoms with van der Waals surface area (Å²) in [5, 5.41) is 79.0. The highest BCUT2D eigenvalue weighted by molar-refractivity contribution is 5.99. The first-order chi connectivity index (χ1) is 46.0. The smallest absolute Gasteiger partial charge is 0.329 e. The van der Waals surface area contributed by atoms with Gasteiger partial charge in [0.15, 0.2) is 11.5 Å². The summed E-state index contributed by atoms with van der Waals surface area (Å²) in [5.74, 6) is -16.4. The maximum absolute atomic E-state index is 15.2. The molecule has 0 radical (unpaired) electrons. The van der Waals surface area contributed by atoms with E-state index in [0.717, 1.165) is 30.0 Å². The lowest BCUT2D eigenvalue weighted by atomic mass is 9.91. The molecule has 6 bridgehead atoms. The lowest BCUT2D eigenvalue weighted by Gasteiger charge is -2.34. The molecule has 10 rings (SSSR count). The molecule has 4 aromatic rings. The van der Waals surface area contributed by atoms with Crippen LogP contribution in [0, 0.1) is 11.8 Å². The van der Waals surface area contributed by atoms with Gasteiger partial charge in [0.1, 0.15) is 78.5 Å². The number of phenolic OH excluding ortho intramolecular Hbond substituents is 1. The van der Waals surface area contributed by atoms with E-state index >= 15 is 9.59 Å². The van der Waals surface area contributed by atoms with Gasteiger partial charge in [-0.2, -0.15) is 0 Å². The van der Waals surface area contributed by atoms with Gasteiger partial charge in [-0.25, -0.2) is 4.79 Å². The molecule has 6 aliphatic rings. The number of rotatable bonds is 10. The van der Waals surface area contributed by atoms with Crippen molar-refractivity contribution in [1.29, 1.82) is 0 Å². The number of aliphatic hydroxyl groups excluding tert-OH is 4. The number of primary amides is 1. The fourth-order valence-electron chi connectivity index (χ4n) is 11.7. The van der Waals surface area contributed by atoms with Gasteiger partial charge >= 0.3 is 5.97 Å². The average molecular weight is 1350 g/mol. The van der Waals surface area contributed by atoms with Crippen LogP contribution in [0.2, 0.25) is 0 Å². The first-order valence-corrected chi connectivity index (χ1v) is 31.6. The molecule has 0 spiro atoms. The number of phenols is 1. The Balaban J connectivity index is 1.24. The molecular weight excluding hydrogens is 1270 g/mol. The number of nitrogens with one attached hydrogen (secondary N) is 9. The number of hydrogen-bond acceptors (Lipinski definition) is 20. The summed E-state index contributed by atoms with van der Waals surface area (Å²) in [6, 6.07) is 7.94. The maximum atomic E-state index is 15.2. The van der Waals surface area contributed by atoms with E-state index in [9.17, 15) is 73.5 Å². The molecular formula is C66H81N11O20. The highest BCUT2D eigenvalue weighted by atomic mass is 16.5. The van der Waals surface area contributed by atoms with E-state index in [4.69, 9.17) is 19.9 Å². The number of carbonyl (C=O) groups excluding carboxylic acids is 12.